The third-order valence-corrected chi connectivity index (χ3v) is 5.07. The summed E-state index contributed by atoms with van der Waals surface area (Å²) in [5, 5.41) is 8.58. The maximum Gasteiger partial charge on any atom is 0.253 e. The number of rotatable bonds is 6. The van der Waals surface area contributed by atoms with Crippen molar-refractivity contribution >= 4 is 22.6 Å². The highest BCUT2D eigenvalue weighted by atomic mass is 16.1. The van der Waals surface area contributed by atoms with Crippen LogP contribution in [-0.2, 0) is 6.54 Å². The number of carbonyl (C=O) groups excluding carboxylic acids is 1. The van der Waals surface area contributed by atoms with Gasteiger partial charge in [0.05, 0.1) is 17.3 Å². The van der Waals surface area contributed by atoms with Crippen molar-refractivity contribution in [3.63, 3.8) is 0 Å². The van der Waals surface area contributed by atoms with E-state index in [1.165, 1.54) is 5.56 Å². The summed E-state index contributed by atoms with van der Waals surface area (Å²) in [6.07, 6.45) is 1.63. The molecule has 0 unspecified atom stereocenters. The van der Waals surface area contributed by atoms with Gasteiger partial charge in [-0.3, -0.25) is 4.79 Å². The average Bonchev–Trinajstić information content (AvgIpc) is 3.16. The SMILES string of the molecule is Cc1nc(-n2ncc3c(C(N)=O)cccc32)nc(NCc2ccccc2)c1C(C)C. The molecule has 2 aromatic carbocycles. The second kappa shape index (κ2) is 7.94. The Morgan fingerprint density at radius 2 is 1.87 bits per heavy atom. The summed E-state index contributed by atoms with van der Waals surface area (Å²) in [4.78, 5) is 21.3. The first kappa shape index (κ1) is 19.6. The van der Waals surface area contributed by atoms with E-state index < -0.39 is 5.91 Å². The third kappa shape index (κ3) is 3.61. The molecule has 4 rings (SSSR count). The van der Waals surface area contributed by atoms with Gasteiger partial charge in [-0.2, -0.15) is 14.8 Å². The number of nitrogens with two attached hydrogens (primary N) is 1. The van der Waals surface area contributed by atoms with Gasteiger partial charge in [-0.05, 0) is 30.5 Å². The highest BCUT2D eigenvalue weighted by molar-refractivity contribution is 6.05. The van der Waals surface area contributed by atoms with Gasteiger partial charge in [0.15, 0.2) is 0 Å². The standard InChI is InChI=1S/C23H24N6O/c1-14(2)20-15(3)27-23(28-22(20)25-12-16-8-5-4-6-9-16)29-19-11-7-10-17(21(24)30)18(19)13-26-29/h4-11,13-14H,12H2,1-3H3,(H2,24,30)(H,25,27,28). The van der Waals surface area contributed by atoms with E-state index in [-0.39, 0.29) is 5.92 Å². The summed E-state index contributed by atoms with van der Waals surface area (Å²) in [7, 11) is 0. The number of aryl methyl sites for hydroxylation is 1. The lowest BCUT2D eigenvalue weighted by atomic mass is 10.0. The zero-order chi connectivity index (χ0) is 21.3. The highest BCUT2D eigenvalue weighted by Gasteiger charge is 2.18. The van der Waals surface area contributed by atoms with Crippen molar-refractivity contribution in [2.24, 2.45) is 5.73 Å². The molecule has 0 spiro atoms. The number of aromatic nitrogens is 4. The highest BCUT2D eigenvalue weighted by Crippen LogP contribution is 2.28. The van der Waals surface area contributed by atoms with Crippen LogP contribution in [-0.4, -0.2) is 25.7 Å². The van der Waals surface area contributed by atoms with Gasteiger partial charge in [-0.1, -0.05) is 50.2 Å². The van der Waals surface area contributed by atoms with Gasteiger partial charge < -0.3 is 11.1 Å². The van der Waals surface area contributed by atoms with Crippen molar-refractivity contribution < 1.29 is 4.79 Å². The molecule has 0 aliphatic rings. The molecule has 0 bridgehead atoms. The Labute approximate surface area is 175 Å². The van der Waals surface area contributed by atoms with Crippen LogP contribution >= 0.6 is 0 Å². The van der Waals surface area contributed by atoms with E-state index in [0.29, 0.717) is 23.4 Å². The minimum atomic E-state index is -0.488. The smallest absolute Gasteiger partial charge is 0.253 e. The molecule has 0 atom stereocenters. The lowest BCUT2D eigenvalue weighted by Gasteiger charge is -2.17. The molecule has 7 nitrogen and oxygen atoms in total. The van der Waals surface area contributed by atoms with Crippen LogP contribution < -0.4 is 11.1 Å². The summed E-state index contributed by atoms with van der Waals surface area (Å²) in [5.41, 5.74) is 9.80. The molecule has 2 heterocycles. The van der Waals surface area contributed by atoms with Gasteiger partial charge in [0.2, 0.25) is 5.91 Å². The summed E-state index contributed by atoms with van der Waals surface area (Å²) in [6.45, 7) is 6.89. The fourth-order valence-electron chi connectivity index (χ4n) is 3.69. The second-order valence-corrected chi connectivity index (χ2v) is 7.52. The summed E-state index contributed by atoms with van der Waals surface area (Å²) in [6, 6.07) is 15.5. The molecule has 7 heteroatoms. The van der Waals surface area contributed by atoms with Crippen molar-refractivity contribution in [2.75, 3.05) is 5.32 Å². The molecular formula is C23H24N6O. The number of hydrogen-bond acceptors (Lipinski definition) is 5. The maximum atomic E-state index is 11.8. The van der Waals surface area contributed by atoms with Crippen LogP contribution in [0.15, 0.2) is 54.7 Å². The number of fused-ring (bicyclic) bond motifs is 1. The Balaban J connectivity index is 1.80. The van der Waals surface area contributed by atoms with Crippen molar-refractivity contribution in [3.05, 3.63) is 77.1 Å². The lowest BCUT2D eigenvalue weighted by Crippen LogP contribution is -2.13. The quantitative estimate of drug-likeness (QED) is 0.510. The average molecular weight is 400 g/mol. The summed E-state index contributed by atoms with van der Waals surface area (Å²) in [5.74, 6) is 1.00. The number of anilines is 1. The Hall–Kier alpha value is -3.74. The van der Waals surface area contributed by atoms with E-state index in [4.69, 9.17) is 15.7 Å². The fourth-order valence-corrected chi connectivity index (χ4v) is 3.69. The van der Waals surface area contributed by atoms with E-state index in [0.717, 1.165) is 22.6 Å². The van der Waals surface area contributed by atoms with Gasteiger partial charge in [-0.15, -0.1) is 0 Å². The van der Waals surface area contributed by atoms with Crippen LogP contribution in [0.2, 0.25) is 0 Å². The van der Waals surface area contributed by atoms with Crippen LogP contribution in [0, 0.1) is 6.92 Å². The molecule has 4 aromatic rings. The molecule has 0 radical (unpaired) electrons. The van der Waals surface area contributed by atoms with Crippen molar-refractivity contribution in [2.45, 2.75) is 33.2 Å². The van der Waals surface area contributed by atoms with Gasteiger partial charge in [-0.25, -0.2) is 4.98 Å². The monoisotopic (exact) mass is 400 g/mol. The van der Waals surface area contributed by atoms with Crippen molar-refractivity contribution in [1.29, 1.82) is 0 Å². The lowest BCUT2D eigenvalue weighted by molar-refractivity contribution is 0.100. The Morgan fingerprint density at radius 1 is 1.10 bits per heavy atom. The van der Waals surface area contributed by atoms with Gasteiger partial charge in [0.1, 0.15) is 5.82 Å². The van der Waals surface area contributed by atoms with E-state index in [2.05, 4.69) is 36.4 Å². The zero-order valence-electron chi connectivity index (χ0n) is 17.3. The number of hydrogen-bond donors (Lipinski definition) is 2. The van der Waals surface area contributed by atoms with Crippen molar-refractivity contribution in [1.82, 2.24) is 19.7 Å². The fraction of sp³-hybridized carbons (Fsp3) is 0.217. The molecule has 0 saturated heterocycles. The minimum Gasteiger partial charge on any atom is -0.366 e. The third-order valence-electron chi connectivity index (χ3n) is 5.07. The van der Waals surface area contributed by atoms with Gasteiger partial charge in [0, 0.05) is 23.2 Å². The second-order valence-electron chi connectivity index (χ2n) is 7.52. The van der Waals surface area contributed by atoms with E-state index >= 15 is 0 Å². The van der Waals surface area contributed by atoms with Crippen LogP contribution in [0.1, 0.15) is 46.9 Å². The van der Waals surface area contributed by atoms with Crippen LogP contribution in [0.4, 0.5) is 5.82 Å². The summed E-state index contributed by atoms with van der Waals surface area (Å²) >= 11 is 0. The molecule has 3 N–H and O–H groups in total. The molecule has 2 aromatic heterocycles. The molecule has 152 valence electrons. The summed E-state index contributed by atoms with van der Waals surface area (Å²) < 4.78 is 1.65. The number of amides is 1. The molecule has 0 fully saturated rings. The van der Waals surface area contributed by atoms with E-state index in [1.54, 1.807) is 23.0 Å². The Kier molecular flexibility index (Phi) is 5.18. The molecular weight excluding hydrogens is 376 g/mol. The number of benzene rings is 2. The van der Waals surface area contributed by atoms with Gasteiger partial charge >= 0.3 is 0 Å². The molecule has 30 heavy (non-hydrogen) atoms. The van der Waals surface area contributed by atoms with Gasteiger partial charge in [0.25, 0.3) is 5.95 Å². The molecule has 1 amide bonds. The number of primary amides is 1. The first-order valence-electron chi connectivity index (χ1n) is 9.89. The number of carbonyl (C=O) groups is 1. The maximum absolute atomic E-state index is 11.8. The Bertz CT molecular complexity index is 1210. The molecule has 0 aliphatic heterocycles. The molecule has 0 saturated carbocycles. The van der Waals surface area contributed by atoms with Crippen LogP contribution in [0.5, 0.6) is 0 Å². The zero-order valence-corrected chi connectivity index (χ0v) is 17.3. The topological polar surface area (TPSA) is 98.7 Å². The normalized spacial score (nSPS) is 11.2. The predicted octanol–water partition coefficient (Wildman–Crippen LogP) is 3.96. The first-order valence-corrected chi connectivity index (χ1v) is 9.89. The minimum absolute atomic E-state index is 0.258. The predicted molar refractivity (Wildman–Crippen MR) is 118 cm³/mol. The Morgan fingerprint density at radius 3 is 2.57 bits per heavy atom. The number of nitrogens with zero attached hydrogens (tertiary/aromatic N) is 4. The first-order chi connectivity index (χ1) is 14.5. The van der Waals surface area contributed by atoms with Crippen LogP contribution in [0.25, 0.3) is 16.9 Å². The number of nitrogens with one attached hydrogen (secondary N) is 1. The van der Waals surface area contributed by atoms with E-state index in [1.807, 2.05) is 31.2 Å². The largest absolute Gasteiger partial charge is 0.366 e. The molecule has 0 aliphatic carbocycles. The van der Waals surface area contributed by atoms with Crippen molar-refractivity contribution in [3.8, 4) is 5.95 Å². The van der Waals surface area contributed by atoms with E-state index in [9.17, 15) is 4.79 Å². The van der Waals surface area contributed by atoms with Crippen LogP contribution in [0.3, 0.4) is 0 Å².